The lowest BCUT2D eigenvalue weighted by molar-refractivity contribution is -0.114. The van der Waals surface area contributed by atoms with E-state index in [4.69, 9.17) is 0 Å². The van der Waals surface area contributed by atoms with Crippen molar-refractivity contribution in [3.05, 3.63) is 34.3 Å². The van der Waals surface area contributed by atoms with Gasteiger partial charge in [-0.25, -0.2) is 4.98 Å². The van der Waals surface area contributed by atoms with E-state index in [1.807, 2.05) is 45.0 Å². The summed E-state index contributed by atoms with van der Waals surface area (Å²) in [7, 11) is 0. The van der Waals surface area contributed by atoms with Crippen LogP contribution in [-0.4, -0.2) is 10.9 Å². The number of halogens is 1. The number of aromatic nitrogens is 1. The fourth-order valence-corrected chi connectivity index (χ4v) is 1.94. The van der Waals surface area contributed by atoms with Crippen LogP contribution in [0.25, 0.3) is 10.9 Å². The predicted octanol–water partition coefficient (Wildman–Crippen LogP) is 4.29. The number of pyridine rings is 1. The van der Waals surface area contributed by atoms with E-state index in [0.717, 1.165) is 20.9 Å². The van der Waals surface area contributed by atoms with Crippen LogP contribution in [0.4, 0.5) is 5.82 Å². The molecule has 4 heteroatoms. The molecule has 96 valence electrons. The maximum absolute atomic E-state index is 11.0. The second kappa shape index (κ2) is 6.50. The van der Waals surface area contributed by atoms with Crippen molar-refractivity contribution in [3.8, 4) is 0 Å². The first-order valence-corrected chi connectivity index (χ1v) is 6.70. The zero-order valence-electron chi connectivity index (χ0n) is 11.0. The van der Waals surface area contributed by atoms with Crippen LogP contribution < -0.4 is 5.32 Å². The first kappa shape index (κ1) is 14.6. The SMILES string of the molecule is CC.CC(=O)Nc1nc2cc(C)ccc2cc1Br. The Morgan fingerprint density at radius 2 is 1.94 bits per heavy atom. The number of amides is 1. The first-order valence-electron chi connectivity index (χ1n) is 5.91. The molecule has 0 atom stereocenters. The van der Waals surface area contributed by atoms with Crippen LogP contribution in [0.5, 0.6) is 0 Å². The van der Waals surface area contributed by atoms with Gasteiger partial charge in [0.1, 0.15) is 5.82 Å². The van der Waals surface area contributed by atoms with Crippen LogP contribution in [0, 0.1) is 6.92 Å². The van der Waals surface area contributed by atoms with E-state index in [2.05, 4.69) is 26.2 Å². The molecule has 0 bridgehead atoms. The Morgan fingerprint density at radius 3 is 2.56 bits per heavy atom. The zero-order valence-corrected chi connectivity index (χ0v) is 12.6. The van der Waals surface area contributed by atoms with Crippen LogP contribution in [0.1, 0.15) is 26.3 Å². The summed E-state index contributed by atoms with van der Waals surface area (Å²) >= 11 is 3.39. The van der Waals surface area contributed by atoms with Gasteiger partial charge in [0.15, 0.2) is 0 Å². The second-order valence-corrected chi connectivity index (χ2v) is 4.55. The zero-order chi connectivity index (χ0) is 13.7. The molecular formula is C14H17BrN2O. The minimum Gasteiger partial charge on any atom is -0.310 e. The highest BCUT2D eigenvalue weighted by Crippen LogP contribution is 2.25. The van der Waals surface area contributed by atoms with Crippen LogP contribution in [0.2, 0.25) is 0 Å². The summed E-state index contributed by atoms with van der Waals surface area (Å²) in [4.78, 5) is 15.4. The molecule has 0 aliphatic heterocycles. The van der Waals surface area contributed by atoms with Gasteiger partial charge in [-0.1, -0.05) is 26.0 Å². The molecule has 1 aromatic carbocycles. The van der Waals surface area contributed by atoms with Gasteiger partial charge in [-0.05, 0) is 40.5 Å². The van der Waals surface area contributed by atoms with Crippen molar-refractivity contribution < 1.29 is 4.79 Å². The summed E-state index contributed by atoms with van der Waals surface area (Å²) in [6, 6.07) is 7.99. The number of nitrogens with zero attached hydrogens (tertiary/aromatic N) is 1. The molecule has 0 radical (unpaired) electrons. The van der Waals surface area contributed by atoms with Crippen LogP contribution in [-0.2, 0) is 4.79 Å². The Morgan fingerprint density at radius 1 is 1.28 bits per heavy atom. The van der Waals surface area contributed by atoms with Crippen molar-refractivity contribution in [2.75, 3.05) is 5.32 Å². The van der Waals surface area contributed by atoms with Gasteiger partial charge in [0.25, 0.3) is 0 Å². The van der Waals surface area contributed by atoms with Crippen LogP contribution >= 0.6 is 15.9 Å². The topological polar surface area (TPSA) is 42.0 Å². The lowest BCUT2D eigenvalue weighted by Crippen LogP contribution is -2.08. The average molecular weight is 309 g/mol. The Hall–Kier alpha value is -1.42. The highest BCUT2D eigenvalue weighted by Gasteiger charge is 2.05. The van der Waals surface area contributed by atoms with Crippen molar-refractivity contribution in [3.63, 3.8) is 0 Å². The van der Waals surface area contributed by atoms with Gasteiger partial charge in [0.05, 0.1) is 9.99 Å². The maximum atomic E-state index is 11.0. The summed E-state index contributed by atoms with van der Waals surface area (Å²) in [6.45, 7) is 7.48. The monoisotopic (exact) mass is 308 g/mol. The molecule has 1 amide bonds. The lowest BCUT2D eigenvalue weighted by atomic mass is 10.1. The summed E-state index contributed by atoms with van der Waals surface area (Å²) in [5.41, 5.74) is 2.03. The van der Waals surface area contributed by atoms with Gasteiger partial charge in [-0.3, -0.25) is 4.79 Å². The molecule has 1 heterocycles. The third kappa shape index (κ3) is 3.53. The number of aryl methyl sites for hydroxylation is 1. The largest absolute Gasteiger partial charge is 0.310 e. The highest BCUT2D eigenvalue weighted by molar-refractivity contribution is 9.10. The maximum Gasteiger partial charge on any atom is 0.222 e. The molecule has 0 aliphatic rings. The molecule has 1 aromatic heterocycles. The van der Waals surface area contributed by atoms with Gasteiger partial charge < -0.3 is 5.32 Å². The molecule has 0 saturated heterocycles. The Balaban J connectivity index is 0.000000771. The molecule has 18 heavy (non-hydrogen) atoms. The number of rotatable bonds is 1. The van der Waals surface area contributed by atoms with E-state index in [-0.39, 0.29) is 5.91 Å². The highest BCUT2D eigenvalue weighted by atomic mass is 79.9. The van der Waals surface area contributed by atoms with Crippen LogP contribution in [0.3, 0.4) is 0 Å². The number of nitrogens with one attached hydrogen (secondary N) is 1. The third-order valence-electron chi connectivity index (χ3n) is 2.22. The summed E-state index contributed by atoms with van der Waals surface area (Å²) < 4.78 is 0.791. The quantitative estimate of drug-likeness (QED) is 0.854. The Kier molecular flexibility index (Phi) is 5.28. The molecule has 0 aliphatic carbocycles. The summed E-state index contributed by atoms with van der Waals surface area (Å²) in [5.74, 6) is 0.436. The predicted molar refractivity (Wildman–Crippen MR) is 79.8 cm³/mol. The molecule has 0 spiro atoms. The number of anilines is 1. The van der Waals surface area contributed by atoms with E-state index >= 15 is 0 Å². The molecule has 1 N–H and O–H groups in total. The fraction of sp³-hybridized carbons (Fsp3) is 0.286. The van der Waals surface area contributed by atoms with Gasteiger partial charge in [0.2, 0.25) is 5.91 Å². The number of benzene rings is 1. The van der Waals surface area contributed by atoms with Crippen molar-refractivity contribution >= 4 is 38.6 Å². The number of hydrogen-bond acceptors (Lipinski definition) is 2. The smallest absolute Gasteiger partial charge is 0.222 e. The normalized spacial score (nSPS) is 9.61. The van der Waals surface area contributed by atoms with E-state index in [0.29, 0.717) is 5.82 Å². The van der Waals surface area contributed by atoms with Crippen molar-refractivity contribution in [1.82, 2.24) is 4.98 Å². The molecule has 3 nitrogen and oxygen atoms in total. The van der Waals surface area contributed by atoms with E-state index < -0.39 is 0 Å². The molecule has 2 aromatic rings. The minimum atomic E-state index is -0.125. The van der Waals surface area contributed by atoms with Gasteiger partial charge in [-0.15, -0.1) is 0 Å². The minimum absolute atomic E-state index is 0.125. The van der Waals surface area contributed by atoms with Crippen molar-refractivity contribution in [1.29, 1.82) is 0 Å². The number of carbonyl (C=O) groups excluding carboxylic acids is 1. The molecule has 2 rings (SSSR count). The van der Waals surface area contributed by atoms with Gasteiger partial charge in [0, 0.05) is 12.3 Å². The van der Waals surface area contributed by atoms with Crippen LogP contribution in [0.15, 0.2) is 28.7 Å². The second-order valence-electron chi connectivity index (χ2n) is 3.70. The molecule has 0 fully saturated rings. The molecule has 0 unspecified atom stereocenters. The van der Waals surface area contributed by atoms with Crippen molar-refractivity contribution in [2.24, 2.45) is 0 Å². The lowest BCUT2D eigenvalue weighted by Gasteiger charge is -2.06. The van der Waals surface area contributed by atoms with E-state index in [1.165, 1.54) is 6.92 Å². The Labute approximate surface area is 116 Å². The average Bonchev–Trinajstić information content (AvgIpc) is 2.33. The number of hydrogen-bond donors (Lipinski definition) is 1. The fourth-order valence-electron chi connectivity index (χ4n) is 1.51. The number of fused-ring (bicyclic) bond motifs is 1. The van der Waals surface area contributed by atoms with E-state index in [9.17, 15) is 4.79 Å². The van der Waals surface area contributed by atoms with Gasteiger partial charge >= 0.3 is 0 Å². The third-order valence-corrected chi connectivity index (χ3v) is 2.83. The molecule has 0 saturated carbocycles. The summed E-state index contributed by atoms with van der Waals surface area (Å²) in [5, 5.41) is 3.74. The first-order chi connectivity index (χ1) is 8.56. The van der Waals surface area contributed by atoms with Crippen molar-refractivity contribution in [2.45, 2.75) is 27.7 Å². The standard InChI is InChI=1S/C12H11BrN2O.C2H6/c1-7-3-4-9-6-10(13)12(14-8(2)16)15-11(9)5-7;1-2/h3-6H,1-2H3,(H,14,15,16);1-2H3. The van der Waals surface area contributed by atoms with Gasteiger partial charge in [-0.2, -0.15) is 0 Å². The molecular weight excluding hydrogens is 292 g/mol. The Bertz CT molecular complexity index is 567. The number of carbonyl (C=O) groups is 1. The van der Waals surface area contributed by atoms with E-state index in [1.54, 1.807) is 0 Å². The summed E-state index contributed by atoms with van der Waals surface area (Å²) in [6.07, 6.45) is 0.